The SMILES string of the molecule is CCOC(=O)C1C[C@@H]2OCC[C@@H]2N1. The molecular weight excluding hydrogens is 170 g/mol. The van der Waals surface area contributed by atoms with E-state index in [9.17, 15) is 4.79 Å². The summed E-state index contributed by atoms with van der Waals surface area (Å²) in [5.41, 5.74) is 0. The Hall–Kier alpha value is -0.610. The molecule has 4 nitrogen and oxygen atoms in total. The molecule has 4 heteroatoms. The summed E-state index contributed by atoms with van der Waals surface area (Å²) in [6.45, 7) is 3.09. The van der Waals surface area contributed by atoms with Crippen molar-refractivity contribution in [3.8, 4) is 0 Å². The molecule has 1 unspecified atom stereocenters. The zero-order valence-electron chi connectivity index (χ0n) is 7.79. The van der Waals surface area contributed by atoms with Gasteiger partial charge in [0.25, 0.3) is 0 Å². The molecule has 0 amide bonds. The second-order valence-corrected chi connectivity index (χ2v) is 3.51. The fraction of sp³-hybridized carbons (Fsp3) is 0.889. The van der Waals surface area contributed by atoms with E-state index in [2.05, 4.69) is 5.32 Å². The highest BCUT2D eigenvalue weighted by Crippen LogP contribution is 2.25. The number of rotatable bonds is 2. The third-order valence-corrected chi connectivity index (χ3v) is 2.66. The van der Waals surface area contributed by atoms with Gasteiger partial charge in [0.2, 0.25) is 0 Å². The molecule has 2 rings (SSSR count). The van der Waals surface area contributed by atoms with Crippen LogP contribution >= 0.6 is 0 Å². The molecule has 2 saturated heterocycles. The van der Waals surface area contributed by atoms with E-state index < -0.39 is 0 Å². The molecule has 3 atom stereocenters. The molecule has 0 aromatic heterocycles. The maximum atomic E-state index is 11.3. The number of esters is 1. The first kappa shape index (κ1) is 8.97. The van der Waals surface area contributed by atoms with Gasteiger partial charge in [-0.2, -0.15) is 0 Å². The molecule has 13 heavy (non-hydrogen) atoms. The molecule has 2 fully saturated rings. The summed E-state index contributed by atoms with van der Waals surface area (Å²) in [4.78, 5) is 11.3. The summed E-state index contributed by atoms with van der Waals surface area (Å²) in [6.07, 6.45) is 2.01. The highest BCUT2D eigenvalue weighted by molar-refractivity contribution is 5.76. The van der Waals surface area contributed by atoms with Crippen LogP contribution in [0.15, 0.2) is 0 Å². The first-order valence-electron chi connectivity index (χ1n) is 4.85. The van der Waals surface area contributed by atoms with Gasteiger partial charge in [-0.3, -0.25) is 10.1 Å². The molecule has 2 aliphatic heterocycles. The zero-order chi connectivity index (χ0) is 9.26. The summed E-state index contributed by atoms with van der Waals surface area (Å²) in [7, 11) is 0. The lowest BCUT2D eigenvalue weighted by molar-refractivity contribution is -0.145. The highest BCUT2D eigenvalue weighted by atomic mass is 16.5. The normalized spacial score (nSPS) is 37.5. The van der Waals surface area contributed by atoms with Crippen molar-refractivity contribution < 1.29 is 14.3 Å². The van der Waals surface area contributed by atoms with Crippen LogP contribution in [0.2, 0.25) is 0 Å². The Labute approximate surface area is 77.6 Å². The van der Waals surface area contributed by atoms with E-state index in [1.807, 2.05) is 6.92 Å². The van der Waals surface area contributed by atoms with Crippen molar-refractivity contribution in [2.24, 2.45) is 0 Å². The van der Waals surface area contributed by atoms with E-state index >= 15 is 0 Å². The van der Waals surface area contributed by atoms with Crippen molar-refractivity contribution in [3.05, 3.63) is 0 Å². The van der Waals surface area contributed by atoms with Crippen molar-refractivity contribution in [1.29, 1.82) is 0 Å². The molecule has 0 aromatic rings. The molecule has 0 aromatic carbocycles. The first-order chi connectivity index (χ1) is 6.31. The summed E-state index contributed by atoms with van der Waals surface area (Å²) in [5, 5.41) is 3.24. The Balaban J connectivity index is 1.87. The Morgan fingerprint density at radius 2 is 2.54 bits per heavy atom. The first-order valence-corrected chi connectivity index (χ1v) is 4.85. The van der Waals surface area contributed by atoms with Crippen molar-refractivity contribution in [2.75, 3.05) is 13.2 Å². The van der Waals surface area contributed by atoms with Crippen LogP contribution in [-0.2, 0) is 14.3 Å². The third kappa shape index (κ3) is 1.69. The molecule has 1 N–H and O–H groups in total. The average molecular weight is 185 g/mol. The van der Waals surface area contributed by atoms with Gasteiger partial charge in [0.15, 0.2) is 0 Å². The lowest BCUT2D eigenvalue weighted by atomic mass is 10.1. The van der Waals surface area contributed by atoms with Crippen LogP contribution < -0.4 is 5.32 Å². The summed E-state index contributed by atoms with van der Waals surface area (Å²) >= 11 is 0. The van der Waals surface area contributed by atoms with Crippen molar-refractivity contribution in [2.45, 2.75) is 38.0 Å². The standard InChI is InChI=1S/C9H15NO3/c1-2-12-9(11)7-5-8-6(10-7)3-4-13-8/h6-8,10H,2-5H2,1H3/t6-,7?,8-/m0/s1. The van der Waals surface area contributed by atoms with Gasteiger partial charge >= 0.3 is 5.97 Å². The maximum absolute atomic E-state index is 11.3. The Kier molecular flexibility index (Phi) is 2.51. The summed E-state index contributed by atoms with van der Waals surface area (Å²) in [6, 6.07) is 0.227. The molecule has 0 radical (unpaired) electrons. The van der Waals surface area contributed by atoms with E-state index in [4.69, 9.17) is 9.47 Å². The average Bonchev–Trinajstić information content (AvgIpc) is 2.61. The number of hydrogen-bond acceptors (Lipinski definition) is 4. The molecule has 2 aliphatic rings. The number of nitrogens with one attached hydrogen (secondary N) is 1. The van der Waals surface area contributed by atoms with Gasteiger partial charge in [-0.15, -0.1) is 0 Å². The molecule has 0 aliphatic carbocycles. The van der Waals surface area contributed by atoms with Crippen LogP contribution in [0.5, 0.6) is 0 Å². The molecule has 74 valence electrons. The lowest BCUT2D eigenvalue weighted by Gasteiger charge is -2.10. The van der Waals surface area contributed by atoms with Crippen LogP contribution in [0.1, 0.15) is 19.8 Å². The van der Waals surface area contributed by atoms with Crippen molar-refractivity contribution in [1.82, 2.24) is 5.32 Å². The second-order valence-electron chi connectivity index (χ2n) is 3.51. The zero-order valence-corrected chi connectivity index (χ0v) is 7.79. The van der Waals surface area contributed by atoms with E-state index in [0.717, 1.165) is 19.4 Å². The lowest BCUT2D eigenvalue weighted by Crippen LogP contribution is -2.36. The fourth-order valence-corrected chi connectivity index (χ4v) is 2.04. The molecule has 0 saturated carbocycles. The van der Waals surface area contributed by atoms with E-state index in [0.29, 0.717) is 12.6 Å². The third-order valence-electron chi connectivity index (χ3n) is 2.66. The van der Waals surface area contributed by atoms with Gasteiger partial charge in [-0.05, 0) is 13.3 Å². The molecule has 0 spiro atoms. The van der Waals surface area contributed by atoms with Crippen molar-refractivity contribution >= 4 is 5.97 Å². The predicted molar refractivity (Wildman–Crippen MR) is 46.3 cm³/mol. The quantitative estimate of drug-likeness (QED) is 0.618. The smallest absolute Gasteiger partial charge is 0.323 e. The Morgan fingerprint density at radius 1 is 1.69 bits per heavy atom. The minimum absolute atomic E-state index is 0.138. The van der Waals surface area contributed by atoms with Gasteiger partial charge < -0.3 is 9.47 Å². The van der Waals surface area contributed by atoms with Crippen LogP contribution in [0.3, 0.4) is 0 Å². The Morgan fingerprint density at radius 3 is 3.23 bits per heavy atom. The Bertz CT molecular complexity index is 195. The van der Waals surface area contributed by atoms with Crippen LogP contribution in [0.4, 0.5) is 0 Å². The largest absolute Gasteiger partial charge is 0.465 e. The van der Waals surface area contributed by atoms with Crippen LogP contribution in [-0.4, -0.2) is 37.4 Å². The van der Waals surface area contributed by atoms with Crippen LogP contribution in [0.25, 0.3) is 0 Å². The van der Waals surface area contributed by atoms with E-state index in [-0.39, 0.29) is 18.1 Å². The topological polar surface area (TPSA) is 47.6 Å². The highest BCUT2D eigenvalue weighted by Gasteiger charge is 2.41. The number of carbonyl (C=O) groups is 1. The molecule has 0 bridgehead atoms. The van der Waals surface area contributed by atoms with Gasteiger partial charge in [-0.25, -0.2) is 0 Å². The second kappa shape index (κ2) is 3.64. The van der Waals surface area contributed by atoms with Gasteiger partial charge in [0.05, 0.1) is 12.7 Å². The number of ether oxygens (including phenoxy) is 2. The minimum Gasteiger partial charge on any atom is -0.465 e. The van der Waals surface area contributed by atoms with Gasteiger partial charge in [0.1, 0.15) is 6.04 Å². The summed E-state index contributed by atoms with van der Waals surface area (Å²) in [5.74, 6) is -0.138. The fourth-order valence-electron chi connectivity index (χ4n) is 2.04. The van der Waals surface area contributed by atoms with E-state index in [1.54, 1.807) is 0 Å². The summed E-state index contributed by atoms with van der Waals surface area (Å²) < 4.78 is 10.4. The predicted octanol–water partition coefficient (Wildman–Crippen LogP) is 0.0689. The minimum atomic E-state index is -0.143. The van der Waals surface area contributed by atoms with Gasteiger partial charge in [0, 0.05) is 19.1 Å². The molecular formula is C9H15NO3. The van der Waals surface area contributed by atoms with E-state index in [1.165, 1.54) is 0 Å². The molecule has 2 heterocycles. The van der Waals surface area contributed by atoms with Gasteiger partial charge in [-0.1, -0.05) is 0 Å². The maximum Gasteiger partial charge on any atom is 0.323 e. The number of fused-ring (bicyclic) bond motifs is 1. The monoisotopic (exact) mass is 185 g/mol. The van der Waals surface area contributed by atoms with Crippen molar-refractivity contribution in [3.63, 3.8) is 0 Å². The number of carbonyl (C=O) groups excluding carboxylic acids is 1. The van der Waals surface area contributed by atoms with Crippen LogP contribution in [0, 0.1) is 0 Å². The number of hydrogen-bond donors (Lipinski definition) is 1.